The lowest BCUT2D eigenvalue weighted by Gasteiger charge is -2.10. The standard InChI is InChI=1S/C8H7BrClN3O/c9-7-2-1-5(10)3-6(7)8(4-14)12-13-11/h1-3,8,14H,4H2. The fourth-order valence-electron chi connectivity index (χ4n) is 1.03. The number of benzene rings is 1. The Kier molecular flexibility index (Phi) is 4.22. The van der Waals surface area contributed by atoms with Crippen LogP contribution in [0.3, 0.4) is 0 Å². The maximum atomic E-state index is 9.00. The van der Waals surface area contributed by atoms with Crippen LogP contribution in [0, 0.1) is 0 Å². The van der Waals surface area contributed by atoms with E-state index in [9.17, 15) is 0 Å². The topological polar surface area (TPSA) is 69.0 Å². The number of hydrogen-bond donors (Lipinski definition) is 1. The van der Waals surface area contributed by atoms with Gasteiger partial charge in [0, 0.05) is 14.4 Å². The first-order chi connectivity index (χ1) is 6.69. The van der Waals surface area contributed by atoms with Crippen molar-refractivity contribution in [1.82, 2.24) is 0 Å². The summed E-state index contributed by atoms with van der Waals surface area (Å²) in [5.41, 5.74) is 8.97. The molecule has 1 unspecified atom stereocenters. The maximum Gasteiger partial charge on any atom is 0.0867 e. The van der Waals surface area contributed by atoms with E-state index in [1.165, 1.54) is 0 Å². The number of hydrogen-bond acceptors (Lipinski definition) is 2. The smallest absolute Gasteiger partial charge is 0.0867 e. The lowest BCUT2D eigenvalue weighted by atomic mass is 10.1. The molecule has 4 nitrogen and oxygen atoms in total. The summed E-state index contributed by atoms with van der Waals surface area (Å²) in [6, 6.07) is 4.50. The van der Waals surface area contributed by atoms with Gasteiger partial charge in [-0.15, -0.1) is 0 Å². The maximum absolute atomic E-state index is 9.00. The van der Waals surface area contributed by atoms with E-state index in [-0.39, 0.29) is 6.61 Å². The number of rotatable bonds is 3. The molecule has 74 valence electrons. The van der Waals surface area contributed by atoms with Crippen molar-refractivity contribution in [2.45, 2.75) is 6.04 Å². The van der Waals surface area contributed by atoms with Gasteiger partial charge in [0.2, 0.25) is 0 Å². The second-order valence-electron chi connectivity index (χ2n) is 2.57. The summed E-state index contributed by atoms with van der Waals surface area (Å²) in [7, 11) is 0. The Balaban J connectivity index is 3.14. The molecule has 0 saturated heterocycles. The molecule has 14 heavy (non-hydrogen) atoms. The highest BCUT2D eigenvalue weighted by atomic mass is 79.9. The average Bonchev–Trinajstić information content (AvgIpc) is 2.18. The van der Waals surface area contributed by atoms with Gasteiger partial charge in [-0.1, -0.05) is 32.6 Å². The molecule has 0 amide bonds. The fraction of sp³-hybridized carbons (Fsp3) is 0.250. The SMILES string of the molecule is [N-]=[N+]=NC(CO)c1cc(Cl)ccc1Br. The minimum absolute atomic E-state index is 0.247. The van der Waals surface area contributed by atoms with Crippen molar-refractivity contribution in [3.8, 4) is 0 Å². The summed E-state index contributed by atoms with van der Waals surface area (Å²) in [6.45, 7) is -0.247. The van der Waals surface area contributed by atoms with E-state index in [2.05, 4.69) is 26.0 Å². The van der Waals surface area contributed by atoms with Crippen LogP contribution >= 0.6 is 27.5 Å². The zero-order valence-electron chi connectivity index (χ0n) is 7.06. The zero-order valence-corrected chi connectivity index (χ0v) is 9.40. The molecule has 6 heteroatoms. The highest BCUT2D eigenvalue weighted by molar-refractivity contribution is 9.10. The van der Waals surface area contributed by atoms with E-state index in [0.717, 1.165) is 4.47 Å². The third-order valence-electron chi connectivity index (χ3n) is 1.68. The Hall–Kier alpha value is -0.740. The number of aliphatic hydroxyl groups is 1. The van der Waals surface area contributed by atoms with Gasteiger partial charge in [-0.2, -0.15) is 0 Å². The van der Waals surface area contributed by atoms with Gasteiger partial charge in [-0.3, -0.25) is 0 Å². The minimum Gasteiger partial charge on any atom is -0.396 e. The first-order valence-corrected chi connectivity index (χ1v) is 4.96. The molecule has 0 saturated carbocycles. The van der Waals surface area contributed by atoms with Crippen LogP contribution in [0.15, 0.2) is 27.8 Å². The second-order valence-corrected chi connectivity index (χ2v) is 3.86. The van der Waals surface area contributed by atoms with Crippen LogP contribution in [-0.2, 0) is 0 Å². The molecule has 0 radical (unpaired) electrons. The lowest BCUT2D eigenvalue weighted by molar-refractivity contribution is 0.267. The highest BCUT2D eigenvalue weighted by Crippen LogP contribution is 2.28. The summed E-state index contributed by atoms with van der Waals surface area (Å²) < 4.78 is 0.758. The number of nitrogens with zero attached hydrogens (tertiary/aromatic N) is 3. The van der Waals surface area contributed by atoms with Gasteiger partial charge in [-0.05, 0) is 29.3 Å². The van der Waals surface area contributed by atoms with E-state index in [1.807, 2.05) is 0 Å². The van der Waals surface area contributed by atoms with Crippen molar-refractivity contribution >= 4 is 27.5 Å². The van der Waals surface area contributed by atoms with Gasteiger partial charge < -0.3 is 5.11 Å². The van der Waals surface area contributed by atoms with E-state index in [4.69, 9.17) is 22.2 Å². The largest absolute Gasteiger partial charge is 0.396 e. The van der Waals surface area contributed by atoms with E-state index in [1.54, 1.807) is 18.2 Å². The van der Waals surface area contributed by atoms with Gasteiger partial charge in [0.05, 0.1) is 12.6 Å². The van der Waals surface area contributed by atoms with Gasteiger partial charge in [0.1, 0.15) is 0 Å². The summed E-state index contributed by atoms with van der Waals surface area (Å²) >= 11 is 9.07. The normalized spacial score (nSPS) is 11.9. The van der Waals surface area contributed by atoms with Gasteiger partial charge in [0.25, 0.3) is 0 Å². The Labute approximate surface area is 94.3 Å². The van der Waals surface area contributed by atoms with Crippen LogP contribution in [0.25, 0.3) is 10.4 Å². The van der Waals surface area contributed by atoms with Crippen molar-refractivity contribution in [1.29, 1.82) is 0 Å². The summed E-state index contributed by atoms with van der Waals surface area (Å²) in [5.74, 6) is 0. The molecule has 0 aliphatic heterocycles. The molecule has 0 bridgehead atoms. The molecule has 0 spiro atoms. The third kappa shape index (κ3) is 2.62. The molecular weight excluding hydrogens is 269 g/mol. The predicted molar refractivity (Wildman–Crippen MR) is 58.1 cm³/mol. The first kappa shape index (κ1) is 11.3. The average molecular weight is 277 g/mol. The minimum atomic E-state index is -0.604. The van der Waals surface area contributed by atoms with E-state index < -0.39 is 6.04 Å². The number of aliphatic hydroxyl groups excluding tert-OH is 1. The third-order valence-corrected chi connectivity index (χ3v) is 2.64. The Morgan fingerprint density at radius 2 is 2.36 bits per heavy atom. The first-order valence-electron chi connectivity index (χ1n) is 3.79. The monoisotopic (exact) mass is 275 g/mol. The van der Waals surface area contributed by atoms with Crippen molar-refractivity contribution in [3.05, 3.63) is 43.7 Å². The fourth-order valence-corrected chi connectivity index (χ4v) is 1.72. The van der Waals surface area contributed by atoms with Gasteiger partial charge in [-0.25, -0.2) is 0 Å². The molecule has 0 aromatic heterocycles. The summed E-state index contributed by atoms with van der Waals surface area (Å²) in [6.07, 6.45) is 0. The quantitative estimate of drug-likeness (QED) is 0.513. The summed E-state index contributed by atoms with van der Waals surface area (Å²) in [5, 5.41) is 13.0. The molecule has 1 N–H and O–H groups in total. The molecule has 0 aliphatic rings. The Bertz CT molecular complexity index is 379. The highest BCUT2D eigenvalue weighted by Gasteiger charge is 2.11. The molecular formula is C8H7BrClN3O. The Morgan fingerprint density at radius 1 is 1.64 bits per heavy atom. The molecule has 0 fully saturated rings. The van der Waals surface area contributed by atoms with Crippen LogP contribution < -0.4 is 0 Å². The molecule has 0 heterocycles. The second kappa shape index (κ2) is 5.22. The van der Waals surface area contributed by atoms with Crippen LogP contribution in [0.4, 0.5) is 0 Å². The Morgan fingerprint density at radius 3 is 2.93 bits per heavy atom. The van der Waals surface area contributed by atoms with E-state index in [0.29, 0.717) is 10.6 Å². The van der Waals surface area contributed by atoms with Crippen LogP contribution in [0.2, 0.25) is 5.02 Å². The molecule has 0 aliphatic carbocycles. The molecule has 1 rings (SSSR count). The van der Waals surface area contributed by atoms with Crippen LogP contribution in [0.1, 0.15) is 11.6 Å². The predicted octanol–water partition coefficient (Wildman–Crippen LogP) is 3.45. The number of azide groups is 1. The number of halogens is 2. The zero-order chi connectivity index (χ0) is 10.6. The van der Waals surface area contributed by atoms with Crippen molar-refractivity contribution in [3.63, 3.8) is 0 Å². The molecule has 1 atom stereocenters. The van der Waals surface area contributed by atoms with Gasteiger partial charge >= 0.3 is 0 Å². The van der Waals surface area contributed by atoms with Crippen molar-refractivity contribution < 1.29 is 5.11 Å². The van der Waals surface area contributed by atoms with Crippen molar-refractivity contribution in [2.24, 2.45) is 5.11 Å². The van der Waals surface area contributed by atoms with Crippen LogP contribution in [0.5, 0.6) is 0 Å². The summed E-state index contributed by atoms with van der Waals surface area (Å²) in [4.78, 5) is 2.66. The van der Waals surface area contributed by atoms with Crippen molar-refractivity contribution in [2.75, 3.05) is 6.61 Å². The van der Waals surface area contributed by atoms with E-state index >= 15 is 0 Å². The lowest BCUT2D eigenvalue weighted by Crippen LogP contribution is -2.00. The van der Waals surface area contributed by atoms with Crippen LogP contribution in [-0.4, -0.2) is 11.7 Å². The molecule has 1 aromatic carbocycles. The van der Waals surface area contributed by atoms with Gasteiger partial charge in [0.15, 0.2) is 0 Å². The molecule has 1 aromatic rings.